The van der Waals surface area contributed by atoms with Crippen LogP contribution in [-0.2, 0) is 0 Å². The van der Waals surface area contributed by atoms with E-state index in [0.29, 0.717) is 0 Å². The molecule has 0 radical (unpaired) electrons. The zero-order valence-corrected chi connectivity index (χ0v) is 6.86. The summed E-state index contributed by atoms with van der Waals surface area (Å²) in [5.74, 6) is 0. The van der Waals surface area contributed by atoms with Crippen LogP contribution in [0.5, 0.6) is 0 Å². The van der Waals surface area contributed by atoms with Gasteiger partial charge in [-0.1, -0.05) is 24.3 Å². The Morgan fingerprint density at radius 3 is 3.08 bits per heavy atom. The molecule has 0 saturated heterocycles. The monoisotopic (exact) mass is 169 g/mol. The lowest BCUT2D eigenvalue weighted by molar-refractivity contribution is 1.12. The zero-order valence-electron chi connectivity index (χ0n) is 6.86. The maximum Gasteiger partial charge on any atom is 0.118 e. The van der Waals surface area contributed by atoms with Crippen LogP contribution in [0.25, 0.3) is 21.8 Å². The van der Waals surface area contributed by atoms with Crippen LogP contribution in [0.2, 0.25) is 0 Å². The quantitative estimate of drug-likeness (QED) is 0.560. The minimum absolute atomic E-state index is 0.915. The molecule has 0 aliphatic heterocycles. The van der Waals surface area contributed by atoms with Crippen molar-refractivity contribution in [2.24, 2.45) is 0 Å². The maximum absolute atomic E-state index is 4.28. The van der Waals surface area contributed by atoms with Crippen LogP contribution >= 0.6 is 0 Å². The minimum Gasteiger partial charge on any atom is -0.283 e. The van der Waals surface area contributed by atoms with Gasteiger partial charge >= 0.3 is 0 Å². The van der Waals surface area contributed by atoms with Gasteiger partial charge in [-0.3, -0.25) is 10.1 Å². The van der Waals surface area contributed by atoms with Crippen LogP contribution in [0.3, 0.4) is 0 Å². The number of pyridine rings is 1. The number of aromatic nitrogens is 3. The smallest absolute Gasteiger partial charge is 0.118 e. The molecule has 3 rings (SSSR count). The summed E-state index contributed by atoms with van der Waals surface area (Å²) in [6.07, 6.45) is 3.68. The summed E-state index contributed by atoms with van der Waals surface area (Å²) in [6.45, 7) is 0. The van der Waals surface area contributed by atoms with Crippen molar-refractivity contribution in [3.05, 3.63) is 36.7 Å². The number of hydrogen-bond donors (Lipinski definition) is 1. The average molecular weight is 169 g/mol. The lowest BCUT2D eigenvalue weighted by Crippen LogP contribution is -1.78. The molecule has 3 heteroatoms. The molecule has 1 N–H and O–H groups in total. The van der Waals surface area contributed by atoms with E-state index in [9.17, 15) is 0 Å². The fourth-order valence-corrected chi connectivity index (χ4v) is 1.54. The summed E-state index contributed by atoms with van der Waals surface area (Å²) in [5, 5.41) is 9.25. The highest BCUT2D eigenvalue weighted by molar-refractivity contribution is 6.02. The number of nitrogens with one attached hydrogen (secondary N) is 1. The second kappa shape index (κ2) is 2.29. The molecule has 0 fully saturated rings. The number of nitrogens with zero attached hydrogens (tertiary/aromatic N) is 2. The van der Waals surface area contributed by atoms with Crippen LogP contribution in [0.4, 0.5) is 0 Å². The lowest BCUT2D eigenvalue weighted by Gasteiger charge is -1.95. The van der Waals surface area contributed by atoms with E-state index in [0.717, 1.165) is 21.8 Å². The van der Waals surface area contributed by atoms with Gasteiger partial charge in [-0.15, -0.1) is 0 Å². The van der Waals surface area contributed by atoms with Crippen molar-refractivity contribution in [3.8, 4) is 0 Å². The molecule has 13 heavy (non-hydrogen) atoms. The molecular weight excluding hydrogens is 162 g/mol. The van der Waals surface area contributed by atoms with Gasteiger partial charge in [0.2, 0.25) is 0 Å². The first-order chi connectivity index (χ1) is 6.45. The van der Waals surface area contributed by atoms with Crippen molar-refractivity contribution < 1.29 is 0 Å². The molecule has 3 aromatic rings. The van der Waals surface area contributed by atoms with Gasteiger partial charge in [0, 0.05) is 23.2 Å². The number of fused-ring (bicyclic) bond motifs is 3. The SMILES string of the molecule is c1ccc2c(c1)cnc1c[nH]nc12. The van der Waals surface area contributed by atoms with Crippen LogP contribution in [-0.4, -0.2) is 15.2 Å². The van der Waals surface area contributed by atoms with Gasteiger partial charge in [-0.25, -0.2) is 0 Å². The summed E-state index contributed by atoms with van der Waals surface area (Å²) >= 11 is 0. The Bertz CT molecular complexity index is 568. The molecule has 0 saturated carbocycles. The molecule has 0 aliphatic carbocycles. The standard InChI is InChI=1S/C10H7N3/c1-2-4-8-7(3-1)5-11-9-6-12-13-10(8)9/h1-6H,(H,12,13). The molecule has 0 bridgehead atoms. The molecule has 0 spiro atoms. The first-order valence-electron chi connectivity index (χ1n) is 4.12. The van der Waals surface area contributed by atoms with Crippen molar-refractivity contribution in [3.63, 3.8) is 0 Å². The van der Waals surface area contributed by atoms with Gasteiger partial charge in [0.25, 0.3) is 0 Å². The first kappa shape index (κ1) is 6.60. The highest BCUT2D eigenvalue weighted by Crippen LogP contribution is 2.20. The topological polar surface area (TPSA) is 41.6 Å². The van der Waals surface area contributed by atoms with Gasteiger partial charge in [-0.2, -0.15) is 5.10 Å². The number of rotatable bonds is 0. The third kappa shape index (κ3) is 0.839. The summed E-state index contributed by atoms with van der Waals surface area (Å²) < 4.78 is 0. The number of hydrogen-bond acceptors (Lipinski definition) is 2. The fraction of sp³-hybridized carbons (Fsp3) is 0. The van der Waals surface area contributed by atoms with E-state index in [1.165, 1.54) is 0 Å². The Balaban J connectivity index is 2.65. The lowest BCUT2D eigenvalue weighted by atomic mass is 10.1. The molecule has 62 valence electrons. The van der Waals surface area contributed by atoms with Crippen LogP contribution in [0.1, 0.15) is 0 Å². The van der Waals surface area contributed by atoms with Crippen LogP contribution in [0.15, 0.2) is 36.7 Å². The van der Waals surface area contributed by atoms with Crippen molar-refractivity contribution in [2.45, 2.75) is 0 Å². The number of aromatic amines is 1. The summed E-state index contributed by atoms with van der Waals surface area (Å²) in [6, 6.07) is 8.11. The summed E-state index contributed by atoms with van der Waals surface area (Å²) in [4.78, 5) is 4.28. The molecule has 0 amide bonds. The van der Waals surface area contributed by atoms with Gasteiger partial charge in [-0.05, 0) is 0 Å². The van der Waals surface area contributed by atoms with E-state index in [4.69, 9.17) is 0 Å². The van der Waals surface area contributed by atoms with Gasteiger partial charge < -0.3 is 0 Å². The van der Waals surface area contributed by atoms with Gasteiger partial charge in [0.05, 0.1) is 0 Å². The van der Waals surface area contributed by atoms with Crippen molar-refractivity contribution in [1.29, 1.82) is 0 Å². The largest absolute Gasteiger partial charge is 0.283 e. The fourth-order valence-electron chi connectivity index (χ4n) is 1.54. The van der Waals surface area contributed by atoms with E-state index in [1.807, 2.05) is 30.6 Å². The summed E-state index contributed by atoms with van der Waals surface area (Å²) in [7, 11) is 0. The molecule has 0 aliphatic rings. The summed E-state index contributed by atoms with van der Waals surface area (Å²) in [5.41, 5.74) is 1.86. The van der Waals surface area contributed by atoms with E-state index in [-0.39, 0.29) is 0 Å². The highest BCUT2D eigenvalue weighted by Gasteiger charge is 2.01. The highest BCUT2D eigenvalue weighted by atomic mass is 15.1. The average Bonchev–Trinajstić information content (AvgIpc) is 2.65. The van der Waals surface area contributed by atoms with Crippen LogP contribution < -0.4 is 0 Å². The normalized spacial score (nSPS) is 11.1. The minimum atomic E-state index is 0.915. The Morgan fingerprint density at radius 2 is 2.08 bits per heavy atom. The predicted molar refractivity (Wildman–Crippen MR) is 51.4 cm³/mol. The Morgan fingerprint density at radius 1 is 1.15 bits per heavy atom. The van der Waals surface area contributed by atoms with Crippen molar-refractivity contribution in [1.82, 2.24) is 15.2 Å². The number of benzene rings is 1. The molecule has 3 nitrogen and oxygen atoms in total. The van der Waals surface area contributed by atoms with E-state index < -0.39 is 0 Å². The maximum atomic E-state index is 4.28. The van der Waals surface area contributed by atoms with E-state index in [2.05, 4.69) is 21.2 Å². The molecule has 2 aromatic heterocycles. The first-order valence-corrected chi connectivity index (χ1v) is 4.12. The van der Waals surface area contributed by atoms with Crippen molar-refractivity contribution in [2.75, 3.05) is 0 Å². The third-order valence-electron chi connectivity index (χ3n) is 2.18. The van der Waals surface area contributed by atoms with E-state index >= 15 is 0 Å². The molecule has 2 heterocycles. The molecule has 1 aromatic carbocycles. The second-order valence-corrected chi connectivity index (χ2v) is 2.96. The molecule has 0 atom stereocenters. The Hall–Kier alpha value is -1.90. The van der Waals surface area contributed by atoms with Gasteiger partial charge in [0.1, 0.15) is 11.0 Å². The number of H-pyrrole nitrogens is 1. The van der Waals surface area contributed by atoms with Crippen LogP contribution in [0, 0.1) is 0 Å². The Labute approximate surface area is 74.4 Å². The molecular formula is C10H7N3. The predicted octanol–water partition coefficient (Wildman–Crippen LogP) is 2.11. The van der Waals surface area contributed by atoms with Crippen molar-refractivity contribution >= 4 is 21.8 Å². The third-order valence-corrected chi connectivity index (χ3v) is 2.18. The second-order valence-electron chi connectivity index (χ2n) is 2.96. The Kier molecular flexibility index (Phi) is 1.16. The van der Waals surface area contributed by atoms with E-state index in [1.54, 1.807) is 0 Å². The zero-order chi connectivity index (χ0) is 8.67. The molecule has 0 unspecified atom stereocenters. The van der Waals surface area contributed by atoms with Gasteiger partial charge in [0.15, 0.2) is 0 Å².